The molecule has 5 nitrogen and oxygen atoms in total. The number of nitrogens with zero attached hydrogens (tertiary/aromatic N) is 3. The van der Waals surface area contributed by atoms with Crippen molar-refractivity contribution in [2.24, 2.45) is 0 Å². The summed E-state index contributed by atoms with van der Waals surface area (Å²) in [6.45, 7) is 3.81. The van der Waals surface area contributed by atoms with Crippen LogP contribution < -0.4 is 0 Å². The number of rotatable bonds is 4. The molecule has 0 aliphatic heterocycles. The summed E-state index contributed by atoms with van der Waals surface area (Å²) in [5, 5.41) is 14.8. The molecule has 3 aromatic rings. The smallest absolute Gasteiger partial charge is 0.337 e. The Morgan fingerprint density at radius 1 is 1.29 bits per heavy atom. The number of hydrogen-bond donors (Lipinski definition) is 1. The molecule has 3 rings (SSSR count). The van der Waals surface area contributed by atoms with Gasteiger partial charge < -0.3 is 5.11 Å². The van der Waals surface area contributed by atoms with E-state index in [4.69, 9.17) is 23.2 Å². The molecule has 0 bridgehead atoms. The summed E-state index contributed by atoms with van der Waals surface area (Å²) in [6.07, 6.45) is 3.73. The number of aryl methyl sites for hydroxylation is 1. The Morgan fingerprint density at radius 2 is 1.96 bits per heavy atom. The third-order valence-corrected chi connectivity index (χ3v) is 4.27. The molecule has 24 heavy (non-hydrogen) atoms. The summed E-state index contributed by atoms with van der Waals surface area (Å²) in [5.74, 6) is -1.12. The SMILES string of the molecule is Cc1cn2ncc(C(=O)O)c(C(C)Cc3cc(Cl)cc(Cl)c3)c2n1. The van der Waals surface area contributed by atoms with Crippen LogP contribution in [0.4, 0.5) is 0 Å². The molecule has 2 heterocycles. The van der Waals surface area contributed by atoms with E-state index in [1.807, 2.05) is 26.0 Å². The molecule has 0 spiro atoms. The molecule has 1 N–H and O–H groups in total. The highest BCUT2D eigenvalue weighted by atomic mass is 35.5. The molecule has 124 valence electrons. The molecule has 0 saturated carbocycles. The predicted octanol–water partition coefficient (Wildman–Crippen LogP) is 4.39. The molecule has 0 radical (unpaired) electrons. The summed E-state index contributed by atoms with van der Waals surface area (Å²) in [7, 11) is 0. The van der Waals surface area contributed by atoms with Gasteiger partial charge in [-0.15, -0.1) is 0 Å². The average molecular weight is 364 g/mol. The van der Waals surface area contributed by atoms with Gasteiger partial charge in [-0.2, -0.15) is 5.10 Å². The molecule has 0 fully saturated rings. The van der Waals surface area contributed by atoms with Crippen molar-refractivity contribution in [1.29, 1.82) is 0 Å². The van der Waals surface area contributed by atoms with E-state index in [1.54, 1.807) is 16.8 Å². The van der Waals surface area contributed by atoms with Crippen molar-refractivity contribution in [3.05, 3.63) is 63.0 Å². The molecular weight excluding hydrogens is 349 g/mol. The van der Waals surface area contributed by atoms with Crippen molar-refractivity contribution >= 4 is 34.8 Å². The maximum atomic E-state index is 11.6. The normalized spacial score (nSPS) is 12.5. The van der Waals surface area contributed by atoms with E-state index >= 15 is 0 Å². The summed E-state index contributed by atoms with van der Waals surface area (Å²) in [5.41, 5.74) is 3.10. The Balaban J connectivity index is 2.09. The van der Waals surface area contributed by atoms with Gasteiger partial charge in [0, 0.05) is 15.6 Å². The number of fused-ring (bicyclic) bond motifs is 1. The fourth-order valence-electron chi connectivity index (χ4n) is 2.91. The van der Waals surface area contributed by atoms with E-state index in [9.17, 15) is 9.90 Å². The zero-order chi connectivity index (χ0) is 17.4. The first-order valence-electron chi connectivity index (χ1n) is 7.38. The summed E-state index contributed by atoms with van der Waals surface area (Å²) >= 11 is 12.1. The number of hydrogen-bond acceptors (Lipinski definition) is 3. The van der Waals surface area contributed by atoms with Crippen LogP contribution in [0.25, 0.3) is 5.65 Å². The van der Waals surface area contributed by atoms with Gasteiger partial charge in [-0.05, 0) is 43.0 Å². The van der Waals surface area contributed by atoms with Crippen LogP contribution >= 0.6 is 23.2 Å². The van der Waals surface area contributed by atoms with E-state index in [1.165, 1.54) is 6.20 Å². The van der Waals surface area contributed by atoms with E-state index < -0.39 is 5.97 Å². The standard InChI is InChI=1S/C17H15Cl2N3O2/c1-9(3-11-4-12(18)6-13(19)5-11)15-14(17(23)24)7-20-22-8-10(2)21-16(15)22/h4-9H,3H2,1-2H3,(H,23,24). The van der Waals surface area contributed by atoms with Crippen LogP contribution in [-0.4, -0.2) is 25.7 Å². The zero-order valence-corrected chi connectivity index (χ0v) is 14.6. The van der Waals surface area contributed by atoms with Crippen molar-refractivity contribution in [2.75, 3.05) is 0 Å². The van der Waals surface area contributed by atoms with Crippen molar-refractivity contribution in [1.82, 2.24) is 14.6 Å². The van der Waals surface area contributed by atoms with Gasteiger partial charge in [0.15, 0.2) is 5.65 Å². The Bertz CT molecular complexity index is 917. The maximum absolute atomic E-state index is 11.6. The Labute approximate surface area is 148 Å². The van der Waals surface area contributed by atoms with Gasteiger partial charge in [0.25, 0.3) is 0 Å². The third-order valence-electron chi connectivity index (χ3n) is 3.84. The van der Waals surface area contributed by atoms with Crippen LogP contribution in [0.3, 0.4) is 0 Å². The molecule has 2 aromatic heterocycles. The minimum absolute atomic E-state index is 0.0991. The second kappa shape index (κ2) is 6.42. The quantitative estimate of drug-likeness (QED) is 0.746. The molecular formula is C17H15Cl2N3O2. The lowest BCUT2D eigenvalue weighted by Gasteiger charge is -2.16. The lowest BCUT2D eigenvalue weighted by Crippen LogP contribution is -2.11. The summed E-state index contributed by atoms with van der Waals surface area (Å²) in [4.78, 5) is 16.1. The number of carboxylic acid groups (broad SMARTS) is 1. The summed E-state index contributed by atoms with van der Waals surface area (Å²) in [6, 6.07) is 5.34. The topological polar surface area (TPSA) is 67.5 Å². The fourth-order valence-corrected chi connectivity index (χ4v) is 3.48. The third kappa shape index (κ3) is 3.23. The lowest BCUT2D eigenvalue weighted by molar-refractivity contribution is 0.0694. The van der Waals surface area contributed by atoms with Gasteiger partial charge in [0.2, 0.25) is 0 Å². The highest BCUT2D eigenvalue weighted by Crippen LogP contribution is 2.29. The Kier molecular flexibility index (Phi) is 4.47. The van der Waals surface area contributed by atoms with Crippen LogP contribution in [0.15, 0.2) is 30.6 Å². The van der Waals surface area contributed by atoms with Gasteiger partial charge in [0.05, 0.1) is 23.7 Å². The number of aromatic nitrogens is 3. The number of aromatic carboxylic acids is 1. The van der Waals surface area contributed by atoms with Gasteiger partial charge in [-0.3, -0.25) is 0 Å². The average Bonchev–Trinajstić information content (AvgIpc) is 2.84. The molecule has 0 amide bonds. The minimum Gasteiger partial charge on any atom is -0.478 e. The molecule has 0 aliphatic rings. The van der Waals surface area contributed by atoms with Crippen molar-refractivity contribution in [2.45, 2.75) is 26.2 Å². The first kappa shape index (κ1) is 16.7. The van der Waals surface area contributed by atoms with Crippen LogP contribution in [0.5, 0.6) is 0 Å². The number of halogens is 2. The van der Waals surface area contributed by atoms with E-state index in [0.717, 1.165) is 11.3 Å². The van der Waals surface area contributed by atoms with Gasteiger partial charge in [0.1, 0.15) is 0 Å². The van der Waals surface area contributed by atoms with Crippen LogP contribution in [0.2, 0.25) is 10.0 Å². The minimum atomic E-state index is -1.02. The number of carbonyl (C=O) groups is 1. The molecule has 0 saturated heterocycles. The van der Waals surface area contributed by atoms with Crippen LogP contribution in [0.1, 0.15) is 40.0 Å². The first-order chi connectivity index (χ1) is 11.3. The Morgan fingerprint density at radius 3 is 2.58 bits per heavy atom. The monoisotopic (exact) mass is 363 g/mol. The van der Waals surface area contributed by atoms with Gasteiger partial charge in [-0.1, -0.05) is 30.1 Å². The van der Waals surface area contributed by atoms with Crippen molar-refractivity contribution in [3.8, 4) is 0 Å². The molecule has 0 aliphatic carbocycles. The highest BCUT2D eigenvalue weighted by molar-refractivity contribution is 6.34. The molecule has 1 atom stereocenters. The largest absolute Gasteiger partial charge is 0.478 e. The molecule has 1 aromatic carbocycles. The molecule has 7 heteroatoms. The summed E-state index contributed by atoms with van der Waals surface area (Å²) < 4.78 is 1.61. The van der Waals surface area contributed by atoms with Gasteiger partial charge >= 0.3 is 5.97 Å². The van der Waals surface area contributed by atoms with Crippen LogP contribution in [-0.2, 0) is 6.42 Å². The lowest BCUT2D eigenvalue weighted by atomic mass is 9.91. The fraction of sp³-hybridized carbons (Fsp3) is 0.235. The highest BCUT2D eigenvalue weighted by Gasteiger charge is 2.22. The van der Waals surface area contributed by atoms with E-state index in [0.29, 0.717) is 27.7 Å². The second-order valence-corrected chi connectivity index (χ2v) is 6.68. The number of carboxylic acids is 1. The maximum Gasteiger partial charge on any atom is 0.337 e. The van der Waals surface area contributed by atoms with Crippen LogP contribution in [0, 0.1) is 6.92 Å². The predicted molar refractivity (Wildman–Crippen MR) is 93.3 cm³/mol. The van der Waals surface area contributed by atoms with E-state index in [2.05, 4.69) is 10.1 Å². The zero-order valence-electron chi connectivity index (χ0n) is 13.1. The molecule has 1 unspecified atom stereocenters. The second-order valence-electron chi connectivity index (χ2n) is 5.81. The van der Waals surface area contributed by atoms with Crippen molar-refractivity contribution in [3.63, 3.8) is 0 Å². The van der Waals surface area contributed by atoms with Crippen molar-refractivity contribution < 1.29 is 9.90 Å². The van der Waals surface area contributed by atoms with Gasteiger partial charge in [-0.25, -0.2) is 14.3 Å². The Hall–Kier alpha value is -2.11. The first-order valence-corrected chi connectivity index (χ1v) is 8.14. The van der Waals surface area contributed by atoms with E-state index in [-0.39, 0.29) is 11.5 Å². The number of benzene rings is 1. The number of imidazole rings is 1.